The minimum Gasteiger partial charge on any atom is -0.404 e. The van der Waals surface area contributed by atoms with Crippen molar-refractivity contribution in [2.75, 3.05) is 0 Å². The number of H-pyrrole nitrogens is 1. The van der Waals surface area contributed by atoms with Gasteiger partial charge in [0.1, 0.15) is 5.71 Å². The van der Waals surface area contributed by atoms with Crippen LogP contribution in [0, 0.1) is 6.92 Å². The molecule has 4 aromatic rings. The zero-order valence-corrected chi connectivity index (χ0v) is 19.2. The van der Waals surface area contributed by atoms with Gasteiger partial charge in [-0.05, 0) is 56.7 Å². The number of hydrazone groups is 1. The first-order valence-corrected chi connectivity index (χ1v) is 11.4. The monoisotopic (exact) mass is 439 g/mol. The third-order valence-electron chi connectivity index (χ3n) is 5.92. The molecule has 32 heavy (non-hydrogen) atoms. The molecule has 0 amide bonds. The third-order valence-corrected chi connectivity index (χ3v) is 6.96. The van der Waals surface area contributed by atoms with Gasteiger partial charge < -0.3 is 16.1 Å². The van der Waals surface area contributed by atoms with Crippen LogP contribution in [0.1, 0.15) is 41.2 Å². The second kappa shape index (κ2) is 8.13. The number of fused-ring (bicyclic) bond motifs is 2. The van der Waals surface area contributed by atoms with Crippen molar-refractivity contribution in [3.05, 3.63) is 93.9 Å². The zero-order chi connectivity index (χ0) is 22.2. The van der Waals surface area contributed by atoms with E-state index < -0.39 is 0 Å². The molecule has 0 bridgehead atoms. The van der Waals surface area contributed by atoms with Crippen LogP contribution in [0.5, 0.6) is 0 Å². The van der Waals surface area contributed by atoms with Gasteiger partial charge in [-0.2, -0.15) is 5.10 Å². The number of aromatic nitrogens is 2. The summed E-state index contributed by atoms with van der Waals surface area (Å²) in [6.07, 6.45) is 5.59. The van der Waals surface area contributed by atoms with Crippen molar-refractivity contribution < 1.29 is 0 Å². The molecular weight excluding hydrogens is 414 g/mol. The number of pyridine rings is 1. The van der Waals surface area contributed by atoms with Crippen LogP contribution < -0.4 is 11.2 Å². The molecule has 3 aromatic heterocycles. The van der Waals surface area contributed by atoms with E-state index in [4.69, 9.17) is 10.7 Å². The Morgan fingerprint density at radius 2 is 2.03 bits per heavy atom. The molecule has 4 heterocycles. The Labute approximate surface area is 191 Å². The average molecular weight is 440 g/mol. The number of aryl methyl sites for hydroxylation is 1. The number of nitrogens with zero attached hydrogens (tertiary/aromatic N) is 2. The van der Waals surface area contributed by atoms with E-state index in [1.807, 2.05) is 24.5 Å². The Bertz CT molecular complexity index is 1420. The van der Waals surface area contributed by atoms with Gasteiger partial charge in [0.2, 0.25) is 0 Å². The van der Waals surface area contributed by atoms with Crippen LogP contribution in [0.4, 0.5) is 0 Å². The fourth-order valence-electron chi connectivity index (χ4n) is 4.13. The number of nitrogens with two attached hydrogens (primary N) is 1. The molecule has 5 rings (SSSR count). The van der Waals surface area contributed by atoms with Gasteiger partial charge in [-0.25, -0.2) is 0 Å². The number of allylic oxidation sites excluding steroid dienone is 3. The second-order valence-corrected chi connectivity index (χ2v) is 9.21. The maximum absolute atomic E-state index is 5.95. The first-order chi connectivity index (χ1) is 15.6. The predicted octanol–water partition coefficient (Wildman–Crippen LogP) is 5.72. The molecular formula is C26H25N5S. The average Bonchev–Trinajstić information content (AvgIpc) is 3.45. The number of hydrogen-bond acceptors (Lipinski definition) is 5. The Morgan fingerprint density at radius 1 is 1.16 bits per heavy atom. The second-order valence-electron chi connectivity index (χ2n) is 7.93. The maximum atomic E-state index is 5.95. The molecule has 1 aliphatic heterocycles. The lowest BCUT2D eigenvalue weighted by molar-refractivity contribution is 0.709. The molecule has 0 radical (unpaired) electrons. The molecule has 0 fully saturated rings. The highest BCUT2D eigenvalue weighted by atomic mass is 32.1. The molecule has 6 heteroatoms. The highest BCUT2D eigenvalue weighted by molar-refractivity contribution is 7.15. The van der Waals surface area contributed by atoms with Gasteiger partial charge in [0.25, 0.3) is 0 Å². The van der Waals surface area contributed by atoms with E-state index in [0.29, 0.717) is 6.54 Å². The molecule has 5 nitrogen and oxygen atoms in total. The van der Waals surface area contributed by atoms with Gasteiger partial charge in [0.05, 0.1) is 17.9 Å². The smallest absolute Gasteiger partial charge is 0.116 e. The Balaban J connectivity index is 1.63. The summed E-state index contributed by atoms with van der Waals surface area (Å²) in [4.78, 5) is 10.9. The Morgan fingerprint density at radius 3 is 2.78 bits per heavy atom. The summed E-state index contributed by atoms with van der Waals surface area (Å²) in [7, 11) is 0. The van der Waals surface area contributed by atoms with Crippen LogP contribution in [0.15, 0.2) is 71.6 Å². The van der Waals surface area contributed by atoms with Crippen molar-refractivity contribution >= 4 is 33.5 Å². The lowest BCUT2D eigenvalue weighted by Crippen LogP contribution is -2.23. The van der Waals surface area contributed by atoms with E-state index in [0.717, 1.165) is 44.9 Å². The van der Waals surface area contributed by atoms with E-state index in [2.05, 4.69) is 77.9 Å². The van der Waals surface area contributed by atoms with Crippen molar-refractivity contribution in [2.24, 2.45) is 10.8 Å². The summed E-state index contributed by atoms with van der Waals surface area (Å²) < 4.78 is 0. The third kappa shape index (κ3) is 3.42. The Kier molecular flexibility index (Phi) is 5.15. The minimum absolute atomic E-state index is 0.601. The molecule has 1 aromatic carbocycles. The largest absolute Gasteiger partial charge is 0.404 e. The van der Waals surface area contributed by atoms with Gasteiger partial charge in [-0.3, -0.25) is 4.98 Å². The summed E-state index contributed by atoms with van der Waals surface area (Å²) in [5.41, 5.74) is 18.3. The summed E-state index contributed by atoms with van der Waals surface area (Å²) in [5, 5.41) is 5.86. The van der Waals surface area contributed by atoms with Gasteiger partial charge in [0, 0.05) is 55.3 Å². The van der Waals surface area contributed by atoms with E-state index in [-0.39, 0.29) is 0 Å². The van der Waals surface area contributed by atoms with Gasteiger partial charge in [-0.1, -0.05) is 18.2 Å². The molecule has 0 saturated carbocycles. The van der Waals surface area contributed by atoms with E-state index in [1.165, 1.54) is 20.7 Å². The van der Waals surface area contributed by atoms with Crippen LogP contribution in [-0.4, -0.2) is 15.7 Å². The topological polar surface area (TPSA) is 79.1 Å². The van der Waals surface area contributed by atoms with E-state index >= 15 is 0 Å². The normalized spacial score (nSPS) is 14.3. The number of rotatable bonds is 4. The van der Waals surface area contributed by atoms with Crippen LogP contribution in [-0.2, 0) is 6.54 Å². The molecule has 0 spiro atoms. The molecule has 0 unspecified atom stereocenters. The van der Waals surface area contributed by atoms with E-state index in [1.54, 1.807) is 6.20 Å². The number of nitrogens with one attached hydrogen (secondary N) is 2. The molecule has 4 N–H and O–H groups in total. The quantitative estimate of drug-likeness (QED) is 0.356. The van der Waals surface area contributed by atoms with Crippen molar-refractivity contribution in [3.8, 4) is 10.4 Å². The van der Waals surface area contributed by atoms with Crippen molar-refractivity contribution in [1.82, 2.24) is 15.4 Å². The fraction of sp³-hybridized carbons (Fsp3) is 0.154. The van der Waals surface area contributed by atoms with Crippen molar-refractivity contribution in [3.63, 3.8) is 0 Å². The van der Waals surface area contributed by atoms with Crippen molar-refractivity contribution in [2.45, 2.75) is 27.3 Å². The van der Waals surface area contributed by atoms with E-state index in [9.17, 15) is 0 Å². The molecule has 160 valence electrons. The summed E-state index contributed by atoms with van der Waals surface area (Å²) >= 11 is 1.81. The number of thiophene rings is 1. The van der Waals surface area contributed by atoms with Crippen LogP contribution >= 0.6 is 11.3 Å². The van der Waals surface area contributed by atoms with Crippen molar-refractivity contribution in [1.29, 1.82) is 0 Å². The zero-order valence-electron chi connectivity index (χ0n) is 18.4. The number of hydrogen-bond donors (Lipinski definition) is 3. The van der Waals surface area contributed by atoms with Gasteiger partial charge in [0.15, 0.2) is 0 Å². The lowest BCUT2D eigenvalue weighted by Gasteiger charge is -2.18. The molecule has 1 aliphatic rings. The standard InChI is InChI=1S/C26H25N5S/c1-4-15(2)21(12-27)17-10-20-24(28-13-17)14-29-31-26(20)23-11-19-18(6-5-7-22(19)30-23)25-9-8-16(3)32-25/h4-13,29-30H,14,27H2,1-3H3/b15-4-,21-12+. The van der Waals surface area contributed by atoms with Crippen LogP contribution in [0.2, 0.25) is 0 Å². The predicted molar refractivity (Wildman–Crippen MR) is 135 cm³/mol. The van der Waals surface area contributed by atoms with Crippen LogP contribution in [0.25, 0.3) is 26.9 Å². The first kappa shape index (κ1) is 20.3. The van der Waals surface area contributed by atoms with Crippen LogP contribution in [0.3, 0.4) is 0 Å². The highest BCUT2D eigenvalue weighted by Gasteiger charge is 2.21. The Hall–Kier alpha value is -3.64. The minimum atomic E-state index is 0.601. The molecule has 0 atom stereocenters. The number of benzene rings is 1. The first-order valence-electron chi connectivity index (χ1n) is 10.6. The molecule has 0 saturated heterocycles. The summed E-state index contributed by atoms with van der Waals surface area (Å²) in [5.74, 6) is 0. The fourth-order valence-corrected chi connectivity index (χ4v) is 5.04. The SMILES string of the molecule is C/C=C(C)\C(=C/N)c1cnc2c(c1)C(c1cc3c(-c4ccc(C)s4)cccc3[nH]1)=NNC2. The van der Waals surface area contributed by atoms with Gasteiger partial charge >= 0.3 is 0 Å². The maximum Gasteiger partial charge on any atom is 0.116 e. The summed E-state index contributed by atoms with van der Waals surface area (Å²) in [6, 6.07) is 15.1. The number of aromatic amines is 1. The summed E-state index contributed by atoms with van der Waals surface area (Å²) in [6.45, 7) is 6.81. The highest BCUT2D eigenvalue weighted by Crippen LogP contribution is 2.35. The molecule has 0 aliphatic carbocycles. The lowest BCUT2D eigenvalue weighted by atomic mass is 9.96. The van der Waals surface area contributed by atoms with Gasteiger partial charge in [-0.15, -0.1) is 11.3 Å².